The molecular weight excluding hydrogens is 444 g/mol. The Kier molecular flexibility index (Phi) is 7.17. The van der Waals surface area contributed by atoms with Gasteiger partial charge >= 0.3 is 0 Å². The van der Waals surface area contributed by atoms with Crippen molar-refractivity contribution in [3.05, 3.63) is 39.8 Å². The molecule has 1 aromatic carbocycles. The second-order valence-corrected chi connectivity index (χ2v) is 10.9. The van der Waals surface area contributed by atoms with E-state index in [1.165, 1.54) is 29.1 Å². The Bertz CT molecular complexity index is 1050. The summed E-state index contributed by atoms with van der Waals surface area (Å²) in [5.41, 5.74) is 1.86. The van der Waals surface area contributed by atoms with Crippen molar-refractivity contribution in [3.8, 4) is 0 Å². The van der Waals surface area contributed by atoms with E-state index >= 15 is 0 Å². The van der Waals surface area contributed by atoms with Gasteiger partial charge in [0.15, 0.2) is 0 Å². The third-order valence-corrected chi connectivity index (χ3v) is 8.42. The van der Waals surface area contributed by atoms with E-state index in [9.17, 15) is 18.0 Å². The van der Waals surface area contributed by atoms with Gasteiger partial charge in [-0.15, -0.1) is 23.1 Å². The molecule has 0 bridgehead atoms. The highest BCUT2D eigenvalue weighted by Gasteiger charge is 2.41. The van der Waals surface area contributed by atoms with Gasteiger partial charge in [0.2, 0.25) is 21.8 Å². The van der Waals surface area contributed by atoms with Crippen molar-refractivity contribution < 1.29 is 18.0 Å². The van der Waals surface area contributed by atoms with Crippen molar-refractivity contribution in [2.45, 2.75) is 38.1 Å². The molecule has 0 spiro atoms. The molecule has 1 aliphatic heterocycles. The van der Waals surface area contributed by atoms with E-state index in [0.717, 1.165) is 16.3 Å². The maximum absolute atomic E-state index is 13.4. The van der Waals surface area contributed by atoms with Gasteiger partial charge in [0, 0.05) is 31.0 Å². The van der Waals surface area contributed by atoms with Crippen LogP contribution in [0.5, 0.6) is 0 Å². The van der Waals surface area contributed by atoms with Gasteiger partial charge in [-0.2, -0.15) is 4.31 Å². The van der Waals surface area contributed by atoms with E-state index in [1.54, 1.807) is 30.4 Å². The molecule has 1 aromatic heterocycles. The van der Waals surface area contributed by atoms with Gasteiger partial charge in [0.05, 0.1) is 22.3 Å². The Labute approximate surface area is 184 Å². The molecule has 0 saturated carbocycles. The van der Waals surface area contributed by atoms with E-state index in [4.69, 9.17) is 0 Å². The first-order valence-electron chi connectivity index (χ1n) is 9.35. The lowest BCUT2D eigenvalue weighted by Crippen LogP contribution is -2.47. The molecule has 3 rings (SSSR count). The normalized spacial score (nSPS) is 17.1. The van der Waals surface area contributed by atoms with E-state index < -0.39 is 16.1 Å². The molecule has 2 aromatic rings. The van der Waals surface area contributed by atoms with E-state index in [-0.39, 0.29) is 28.3 Å². The predicted molar refractivity (Wildman–Crippen MR) is 119 cm³/mol. The van der Waals surface area contributed by atoms with E-state index in [2.05, 4.69) is 15.6 Å². The minimum absolute atomic E-state index is 0.00375. The highest BCUT2D eigenvalue weighted by Crippen LogP contribution is 2.32. The smallest absolute Gasteiger partial charge is 0.246 e. The van der Waals surface area contributed by atoms with Crippen LogP contribution >= 0.6 is 23.1 Å². The first-order chi connectivity index (χ1) is 14.2. The van der Waals surface area contributed by atoms with Gasteiger partial charge in [0.1, 0.15) is 10.9 Å². The van der Waals surface area contributed by atoms with E-state index in [0.29, 0.717) is 18.7 Å². The fourth-order valence-electron chi connectivity index (χ4n) is 3.09. The van der Waals surface area contributed by atoms with Crippen LogP contribution in [0.1, 0.15) is 23.2 Å². The lowest BCUT2D eigenvalue weighted by Gasteiger charge is -2.24. The number of amides is 2. The molecule has 0 radical (unpaired) electrons. The zero-order chi connectivity index (χ0) is 21.9. The number of sulfonamides is 1. The number of hydrogen-bond donors (Lipinski definition) is 2. The quantitative estimate of drug-likeness (QED) is 0.645. The highest BCUT2D eigenvalue weighted by atomic mass is 32.2. The summed E-state index contributed by atoms with van der Waals surface area (Å²) in [5.74, 6) is -0.136. The molecule has 1 unspecified atom stereocenters. The number of carbonyl (C=O) groups is 2. The van der Waals surface area contributed by atoms with Gasteiger partial charge in [-0.25, -0.2) is 13.4 Å². The average molecular weight is 469 g/mol. The average Bonchev–Trinajstić information content (AvgIpc) is 3.32. The van der Waals surface area contributed by atoms with Crippen molar-refractivity contribution in [2.75, 3.05) is 23.5 Å². The van der Waals surface area contributed by atoms with Gasteiger partial charge < -0.3 is 10.6 Å². The zero-order valence-electron chi connectivity index (χ0n) is 17.0. The second-order valence-electron chi connectivity index (χ2n) is 6.99. The third-order valence-electron chi connectivity index (χ3n) is 4.53. The summed E-state index contributed by atoms with van der Waals surface area (Å²) in [4.78, 5) is 28.6. The number of hydrogen-bond acceptors (Lipinski definition) is 7. The number of anilines is 1. The summed E-state index contributed by atoms with van der Waals surface area (Å²) >= 11 is 2.94. The number of aryl methyl sites for hydroxylation is 2. The standard InChI is InChI=1S/C19H24N4O4S3/c1-12-4-5-16(21-13(2)24)18(8-12)30(26,27)23-11-28-10-17(23)19(25)20-7-6-15-9-29-14(3)22-15/h4-5,8-9,17H,6-7,10-11H2,1-3H3,(H,20,25)(H,21,24). The SMILES string of the molecule is CC(=O)Nc1ccc(C)cc1S(=O)(=O)N1CSCC1C(=O)NCCc1csc(C)n1. The largest absolute Gasteiger partial charge is 0.354 e. The number of nitrogens with one attached hydrogen (secondary N) is 2. The topological polar surface area (TPSA) is 108 Å². The van der Waals surface area contributed by atoms with Crippen LogP contribution < -0.4 is 10.6 Å². The van der Waals surface area contributed by atoms with Crippen molar-refractivity contribution in [3.63, 3.8) is 0 Å². The van der Waals surface area contributed by atoms with Crippen LogP contribution in [-0.4, -0.2) is 53.7 Å². The summed E-state index contributed by atoms with van der Waals surface area (Å²) in [6.07, 6.45) is 0.591. The number of nitrogens with zero attached hydrogens (tertiary/aromatic N) is 2. The summed E-state index contributed by atoms with van der Waals surface area (Å²) in [6, 6.07) is 4.01. The molecule has 1 atom stereocenters. The molecule has 2 N–H and O–H groups in total. The molecule has 2 amide bonds. The number of benzene rings is 1. The van der Waals surface area contributed by atoms with Crippen LogP contribution in [0.2, 0.25) is 0 Å². The summed E-state index contributed by atoms with van der Waals surface area (Å²) in [5, 5.41) is 8.32. The number of thioether (sulfide) groups is 1. The first-order valence-corrected chi connectivity index (χ1v) is 12.8. The fraction of sp³-hybridized carbons (Fsp3) is 0.421. The van der Waals surface area contributed by atoms with Gasteiger partial charge in [0.25, 0.3) is 0 Å². The highest BCUT2D eigenvalue weighted by molar-refractivity contribution is 8.00. The molecule has 30 heavy (non-hydrogen) atoms. The molecule has 1 aliphatic rings. The molecule has 1 saturated heterocycles. The van der Waals surface area contributed by atoms with Gasteiger partial charge in [-0.1, -0.05) is 6.07 Å². The van der Waals surface area contributed by atoms with Crippen molar-refractivity contribution in [1.29, 1.82) is 0 Å². The van der Waals surface area contributed by atoms with Crippen LogP contribution in [-0.2, 0) is 26.0 Å². The molecule has 0 aliphatic carbocycles. The van der Waals surface area contributed by atoms with Crippen LogP contribution in [0.3, 0.4) is 0 Å². The Morgan fingerprint density at radius 3 is 2.73 bits per heavy atom. The molecular formula is C19H24N4O4S3. The fourth-order valence-corrected chi connectivity index (χ4v) is 7.12. The number of thiazole rings is 1. The van der Waals surface area contributed by atoms with Crippen LogP contribution in [0.25, 0.3) is 0 Å². The minimum atomic E-state index is -3.98. The van der Waals surface area contributed by atoms with Crippen molar-refractivity contribution >= 4 is 50.6 Å². The molecule has 8 nitrogen and oxygen atoms in total. The summed E-state index contributed by atoms with van der Waals surface area (Å²) in [6.45, 7) is 5.41. The second kappa shape index (κ2) is 9.46. The number of rotatable bonds is 7. The Morgan fingerprint density at radius 2 is 2.07 bits per heavy atom. The third kappa shape index (κ3) is 5.20. The zero-order valence-corrected chi connectivity index (χ0v) is 19.4. The molecule has 162 valence electrons. The summed E-state index contributed by atoms with van der Waals surface area (Å²) < 4.78 is 28.0. The molecule has 11 heteroatoms. The summed E-state index contributed by atoms with van der Waals surface area (Å²) in [7, 11) is -3.98. The maximum Gasteiger partial charge on any atom is 0.246 e. The van der Waals surface area contributed by atoms with Crippen LogP contribution in [0.15, 0.2) is 28.5 Å². The lowest BCUT2D eigenvalue weighted by atomic mass is 10.2. The molecule has 1 fully saturated rings. The number of aromatic nitrogens is 1. The van der Waals surface area contributed by atoms with Gasteiger partial charge in [-0.3, -0.25) is 9.59 Å². The van der Waals surface area contributed by atoms with Crippen LogP contribution in [0.4, 0.5) is 5.69 Å². The Balaban J connectivity index is 1.76. The van der Waals surface area contributed by atoms with E-state index in [1.807, 2.05) is 12.3 Å². The maximum atomic E-state index is 13.4. The molecule has 2 heterocycles. The van der Waals surface area contributed by atoms with Crippen LogP contribution in [0, 0.1) is 13.8 Å². The Hall–Kier alpha value is -1.95. The lowest BCUT2D eigenvalue weighted by molar-refractivity contribution is -0.123. The first kappa shape index (κ1) is 22.7. The minimum Gasteiger partial charge on any atom is -0.354 e. The van der Waals surface area contributed by atoms with Gasteiger partial charge in [-0.05, 0) is 31.5 Å². The van der Waals surface area contributed by atoms with Crippen molar-refractivity contribution in [1.82, 2.24) is 14.6 Å². The predicted octanol–water partition coefficient (Wildman–Crippen LogP) is 2.14. The number of carbonyl (C=O) groups excluding carboxylic acids is 2. The van der Waals surface area contributed by atoms with Crippen molar-refractivity contribution in [2.24, 2.45) is 0 Å². The monoisotopic (exact) mass is 468 g/mol. The Morgan fingerprint density at radius 1 is 1.30 bits per heavy atom.